The van der Waals surface area contributed by atoms with Crippen molar-refractivity contribution < 1.29 is 0 Å². The fourth-order valence-corrected chi connectivity index (χ4v) is 1.50. The minimum absolute atomic E-state index is 0.480. The molecule has 0 aliphatic heterocycles. The van der Waals surface area contributed by atoms with Crippen LogP contribution in [0, 0.1) is 6.92 Å². The van der Waals surface area contributed by atoms with E-state index in [1.54, 1.807) is 0 Å². The second kappa shape index (κ2) is 6.38. The van der Waals surface area contributed by atoms with Crippen LogP contribution in [0.1, 0.15) is 45.2 Å². The monoisotopic (exact) mass is 207 g/mol. The lowest BCUT2D eigenvalue weighted by atomic mass is 10.1. The second-order valence-electron chi connectivity index (χ2n) is 4.10. The fraction of sp³-hybridized carbons (Fsp3) is 0.667. The molecule has 0 aromatic carbocycles. The minimum atomic E-state index is 0.480. The first-order valence-corrected chi connectivity index (χ1v) is 5.79. The van der Waals surface area contributed by atoms with E-state index >= 15 is 0 Å². The molecule has 0 bridgehead atoms. The summed E-state index contributed by atoms with van der Waals surface area (Å²) < 4.78 is 0. The Morgan fingerprint density at radius 1 is 1.27 bits per heavy atom. The number of rotatable bonds is 6. The first-order chi connectivity index (χ1) is 7.22. The molecule has 1 N–H and O–H groups in total. The maximum atomic E-state index is 4.09. The summed E-state index contributed by atoms with van der Waals surface area (Å²) in [7, 11) is 0. The molecule has 84 valence electrons. The molecule has 0 radical (unpaired) electrons. The minimum Gasteiger partial charge on any atom is -0.366 e. The Balaban J connectivity index is 2.31. The van der Waals surface area contributed by atoms with Gasteiger partial charge in [-0.05, 0) is 32.4 Å². The lowest BCUT2D eigenvalue weighted by Gasteiger charge is -2.13. The van der Waals surface area contributed by atoms with Crippen LogP contribution in [0.4, 0.5) is 5.82 Å². The molecule has 15 heavy (non-hydrogen) atoms. The van der Waals surface area contributed by atoms with Gasteiger partial charge in [0.25, 0.3) is 0 Å². The van der Waals surface area contributed by atoms with Gasteiger partial charge in [0, 0.05) is 6.04 Å². The van der Waals surface area contributed by atoms with Gasteiger partial charge in [0.1, 0.15) is 5.82 Å². The average Bonchev–Trinajstić information content (AvgIpc) is 2.22. The zero-order valence-corrected chi connectivity index (χ0v) is 9.95. The van der Waals surface area contributed by atoms with Crippen molar-refractivity contribution in [1.82, 2.24) is 10.2 Å². The van der Waals surface area contributed by atoms with Gasteiger partial charge in [0.15, 0.2) is 0 Å². The highest BCUT2D eigenvalue weighted by molar-refractivity contribution is 5.33. The smallest absolute Gasteiger partial charge is 0.148 e. The van der Waals surface area contributed by atoms with Crippen molar-refractivity contribution in [3.63, 3.8) is 0 Å². The van der Waals surface area contributed by atoms with E-state index in [0.29, 0.717) is 6.04 Å². The summed E-state index contributed by atoms with van der Waals surface area (Å²) in [6, 6.07) is 4.45. The van der Waals surface area contributed by atoms with Crippen molar-refractivity contribution in [2.45, 2.75) is 52.5 Å². The Kier molecular flexibility index (Phi) is 5.08. The molecule has 0 aliphatic carbocycles. The molecular formula is C12H21N3. The van der Waals surface area contributed by atoms with Gasteiger partial charge < -0.3 is 5.32 Å². The van der Waals surface area contributed by atoms with Crippen molar-refractivity contribution in [2.75, 3.05) is 5.32 Å². The molecule has 0 spiro atoms. The number of hydrogen-bond acceptors (Lipinski definition) is 3. The zero-order valence-electron chi connectivity index (χ0n) is 9.95. The number of anilines is 1. The summed E-state index contributed by atoms with van der Waals surface area (Å²) in [6.07, 6.45) is 5.07. The SMILES string of the molecule is CCCCCC(C)Nc1ccc(C)nn1. The van der Waals surface area contributed by atoms with Gasteiger partial charge in [-0.25, -0.2) is 0 Å². The summed E-state index contributed by atoms with van der Waals surface area (Å²) in [5.74, 6) is 0.879. The molecule has 0 saturated carbocycles. The molecule has 1 aromatic rings. The van der Waals surface area contributed by atoms with E-state index < -0.39 is 0 Å². The van der Waals surface area contributed by atoms with Crippen LogP contribution in [0.15, 0.2) is 12.1 Å². The van der Waals surface area contributed by atoms with E-state index in [4.69, 9.17) is 0 Å². The zero-order chi connectivity index (χ0) is 11.1. The maximum absolute atomic E-state index is 4.09. The molecule has 3 nitrogen and oxygen atoms in total. The molecule has 0 saturated heterocycles. The standard InChI is InChI=1S/C12H21N3/c1-4-5-6-7-10(2)13-12-9-8-11(3)14-15-12/h8-10H,4-7H2,1-3H3,(H,13,15). The van der Waals surface area contributed by atoms with Gasteiger partial charge in [0.2, 0.25) is 0 Å². The van der Waals surface area contributed by atoms with E-state index in [1.807, 2.05) is 19.1 Å². The van der Waals surface area contributed by atoms with Gasteiger partial charge >= 0.3 is 0 Å². The molecule has 0 aliphatic rings. The van der Waals surface area contributed by atoms with Crippen LogP contribution in [0.3, 0.4) is 0 Å². The van der Waals surface area contributed by atoms with E-state index in [9.17, 15) is 0 Å². The normalized spacial score (nSPS) is 12.5. The van der Waals surface area contributed by atoms with Crippen LogP contribution in [0.25, 0.3) is 0 Å². The number of nitrogens with zero attached hydrogens (tertiary/aromatic N) is 2. The summed E-state index contributed by atoms with van der Waals surface area (Å²) in [6.45, 7) is 6.36. The number of aromatic nitrogens is 2. The van der Waals surface area contributed by atoms with E-state index in [0.717, 1.165) is 11.5 Å². The molecule has 1 unspecified atom stereocenters. The Bertz CT molecular complexity index is 269. The van der Waals surface area contributed by atoms with E-state index in [2.05, 4.69) is 29.4 Å². The van der Waals surface area contributed by atoms with Crippen molar-refractivity contribution in [2.24, 2.45) is 0 Å². The molecule has 0 amide bonds. The van der Waals surface area contributed by atoms with Crippen molar-refractivity contribution in [3.8, 4) is 0 Å². The van der Waals surface area contributed by atoms with Crippen LogP contribution in [0.2, 0.25) is 0 Å². The predicted octanol–water partition coefficient (Wildman–Crippen LogP) is 3.17. The molecule has 1 rings (SSSR count). The number of nitrogens with one attached hydrogen (secondary N) is 1. The summed E-state index contributed by atoms with van der Waals surface area (Å²) in [4.78, 5) is 0. The molecule has 0 fully saturated rings. The highest BCUT2D eigenvalue weighted by Gasteiger charge is 2.02. The highest BCUT2D eigenvalue weighted by Crippen LogP contribution is 2.08. The number of unbranched alkanes of at least 4 members (excludes halogenated alkanes) is 2. The molecule has 1 aromatic heterocycles. The Morgan fingerprint density at radius 2 is 2.07 bits per heavy atom. The summed E-state index contributed by atoms with van der Waals surface area (Å²) in [5, 5.41) is 11.5. The number of aryl methyl sites for hydroxylation is 1. The summed E-state index contributed by atoms with van der Waals surface area (Å²) >= 11 is 0. The Morgan fingerprint density at radius 3 is 2.67 bits per heavy atom. The average molecular weight is 207 g/mol. The van der Waals surface area contributed by atoms with E-state index in [-0.39, 0.29) is 0 Å². The third-order valence-electron chi connectivity index (χ3n) is 2.43. The van der Waals surface area contributed by atoms with Crippen LogP contribution in [-0.4, -0.2) is 16.2 Å². The highest BCUT2D eigenvalue weighted by atomic mass is 15.2. The molecule has 1 heterocycles. The van der Waals surface area contributed by atoms with Crippen molar-refractivity contribution in [3.05, 3.63) is 17.8 Å². The lowest BCUT2D eigenvalue weighted by molar-refractivity contribution is 0.613. The van der Waals surface area contributed by atoms with Crippen molar-refractivity contribution in [1.29, 1.82) is 0 Å². The quantitative estimate of drug-likeness (QED) is 0.728. The summed E-state index contributed by atoms with van der Waals surface area (Å²) in [5.41, 5.74) is 0.958. The Labute approximate surface area is 92.3 Å². The largest absolute Gasteiger partial charge is 0.366 e. The maximum Gasteiger partial charge on any atom is 0.148 e. The molecule has 3 heteroatoms. The van der Waals surface area contributed by atoms with Crippen LogP contribution < -0.4 is 5.32 Å². The second-order valence-corrected chi connectivity index (χ2v) is 4.10. The van der Waals surface area contributed by atoms with Gasteiger partial charge in [-0.2, -0.15) is 5.10 Å². The first kappa shape index (κ1) is 12.0. The number of hydrogen-bond donors (Lipinski definition) is 1. The third-order valence-corrected chi connectivity index (χ3v) is 2.43. The predicted molar refractivity (Wildman–Crippen MR) is 64.0 cm³/mol. The van der Waals surface area contributed by atoms with Gasteiger partial charge in [-0.3, -0.25) is 0 Å². The van der Waals surface area contributed by atoms with Crippen molar-refractivity contribution >= 4 is 5.82 Å². The van der Waals surface area contributed by atoms with Crippen LogP contribution in [0.5, 0.6) is 0 Å². The van der Waals surface area contributed by atoms with Gasteiger partial charge in [0.05, 0.1) is 5.69 Å². The molecule has 1 atom stereocenters. The van der Waals surface area contributed by atoms with Crippen LogP contribution >= 0.6 is 0 Å². The van der Waals surface area contributed by atoms with Gasteiger partial charge in [-0.15, -0.1) is 5.10 Å². The topological polar surface area (TPSA) is 37.8 Å². The Hall–Kier alpha value is -1.12. The van der Waals surface area contributed by atoms with Gasteiger partial charge in [-0.1, -0.05) is 26.2 Å². The van der Waals surface area contributed by atoms with Crippen LogP contribution in [-0.2, 0) is 0 Å². The van der Waals surface area contributed by atoms with E-state index in [1.165, 1.54) is 25.7 Å². The molecular weight excluding hydrogens is 186 g/mol. The first-order valence-electron chi connectivity index (χ1n) is 5.79. The third kappa shape index (κ3) is 4.77. The fourth-order valence-electron chi connectivity index (χ4n) is 1.50. The lowest BCUT2D eigenvalue weighted by Crippen LogP contribution is -2.16.